The number of aromatic amines is 1. The summed E-state index contributed by atoms with van der Waals surface area (Å²) in [6.45, 7) is 6.27. The maximum absolute atomic E-state index is 5.34. The normalized spacial score (nSPS) is 11.1. The zero-order valence-electron chi connectivity index (χ0n) is 10.5. The lowest BCUT2D eigenvalue weighted by Crippen LogP contribution is -2.02. The summed E-state index contributed by atoms with van der Waals surface area (Å²) in [5, 5.41) is 4.31. The minimum absolute atomic E-state index is 0.379. The first-order chi connectivity index (χ1) is 7.99. The van der Waals surface area contributed by atoms with Gasteiger partial charge in [-0.25, -0.2) is 4.98 Å². The van der Waals surface area contributed by atoms with Gasteiger partial charge in [-0.05, 0) is 18.9 Å². The Bertz CT molecular complexity index is 595. The molecule has 1 N–H and O–H groups in total. The molecule has 90 valence electrons. The second-order valence-electron chi connectivity index (χ2n) is 4.46. The lowest BCUT2D eigenvalue weighted by Gasteiger charge is -2.10. The van der Waals surface area contributed by atoms with Gasteiger partial charge in [0.1, 0.15) is 10.3 Å². The minimum Gasteiger partial charge on any atom is -0.342 e. The van der Waals surface area contributed by atoms with E-state index in [4.69, 9.17) is 12.2 Å². The van der Waals surface area contributed by atoms with Crippen molar-refractivity contribution in [3.05, 3.63) is 28.2 Å². The molecule has 0 saturated heterocycles. The number of nitrogens with zero attached hydrogens (tertiary/aromatic N) is 3. The van der Waals surface area contributed by atoms with Crippen molar-refractivity contribution in [2.75, 3.05) is 0 Å². The van der Waals surface area contributed by atoms with Gasteiger partial charge in [-0.15, -0.1) is 0 Å². The van der Waals surface area contributed by atoms with E-state index in [2.05, 4.69) is 28.9 Å². The summed E-state index contributed by atoms with van der Waals surface area (Å²) in [4.78, 5) is 7.70. The molecule has 0 aromatic carbocycles. The summed E-state index contributed by atoms with van der Waals surface area (Å²) in [7, 11) is 1.88. The van der Waals surface area contributed by atoms with E-state index >= 15 is 0 Å². The molecule has 17 heavy (non-hydrogen) atoms. The molecule has 0 amide bonds. The molecule has 0 atom stereocenters. The van der Waals surface area contributed by atoms with Gasteiger partial charge in [0.15, 0.2) is 5.82 Å². The van der Waals surface area contributed by atoms with E-state index in [0.29, 0.717) is 10.6 Å². The molecule has 2 aromatic rings. The van der Waals surface area contributed by atoms with Crippen LogP contribution in [0.5, 0.6) is 0 Å². The fraction of sp³-hybridized carbons (Fsp3) is 0.417. The molecule has 0 spiro atoms. The van der Waals surface area contributed by atoms with Crippen LogP contribution in [0.1, 0.15) is 31.0 Å². The first kappa shape index (κ1) is 12.0. The van der Waals surface area contributed by atoms with Crippen LogP contribution in [0.15, 0.2) is 12.3 Å². The summed E-state index contributed by atoms with van der Waals surface area (Å²) in [6.07, 6.45) is 1.89. The van der Waals surface area contributed by atoms with Crippen LogP contribution in [-0.2, 0) is 7.05 Å². The van der Waals surface area contributed by atoms with E-state index in [-0.39, 0.29) is 0 Å². The third kappa shape index (κ3) is 2.29. The maximum atomic E-state index is 5.34. The fourth-order valence-electron chi connectivity index (χ4n) is 1.94. The van der Waals surface area contributed by atoms with Gasteiger partial charge in [-0.3, -0.25) is 4.68 Å². The Hall–Kier alpha value is -1.49. The molecule has 0 aliphatic heterocycles. The zero-order chi connectivity index (χ0) is 12.6. The van der Waals surface area contributed by atoms with Gasteiger partial charge in [-0.2, -0.15) is 5.10 Å². The van der Waals surface area contributed by atoms with Crippen molar-refractivity contribution in [2.24, 2.45) is 7.05 Å². The summed E-state index contributed by atoms with van der Waals surface area (Å²) < 4.78 is 2.41. The summed E-state index contributed by atoms with van der Waals surface area (Å²) in [5.41, 5.74) is 3.00. The van der Waals surface area contributed by atoms with Gasteiger partial charge < -0.3 is 4.98 Å². The molecule has 5 heteroatoms. The van der Waals surface area contributed by atoms with Gasteiger partial charge in [0, 0.05) is 24.5 Å². The first-order valence-electron chi connectivity index (χ1n) is 5.60. The van der Waals surface area contributed by atoms with E-state index in [1.807, 2.05) is 26.2 Å². The maximum Gasteiger partial charge on any atom is 0.159 e. The Morgan fingerprint density at radius 1 is 1.41 bits per heavy atom. The Balaban J connectivity index is 2.57. The molecular formula is C12H16N4S. The highest BCUT2D eigenvalue weighted by Gasteiger charge is 2.11. The number of hydrogen-bond acceptors (Lipinski definition) is 3. The quantitative estimate of drug-likeness (QED) is 0.831. The van der Waals surface area contributed by atoms with Crippen LogP contribution in [0.4, 0.5) is 0 Å². The van der Waals surface area contributed by atoms with Gasteiger partial charge in [-0.1, -0.05) is 26.1 Å². The Morgan fingerprint density at radius 2 is 2.12 bits per heavy atom. The topological polar surface area (TPSA) is 46.5 Å². The van der Waals surface area contributed by atoms with E-state index in [1.54, 1.807) is 4.68 Å². The number of H-pyrrole nitrogens is 1. The lowest BCUT2D eigenvalue weighted by molar-refractivity contribution is 0.766. The Kier molecular flexibility index (Phi) is 3.11. The molecular weight excluding hydrogens is 232 g/mol. The van der Waals surface area contributed by atoms with Crippen molar-refractivity contribution in [1.29, 1.82) is 0 Å². The second-order valence-corrected chi connectivity index (χ2v) is 4.85. The van der Waals surface area contributed by atoms with Crippen LogP contribution < -0.4 is 0 Å². The van der Waals surface area contributed by atoms with Gasteiger partial charge >= 0.3 is 0 Å². The van der Waals surface area contributed by atoms with Crippen LogP contribution in [0.3, 0.4) is 0 Å². The molecule has 0 bridgehead atoms. The average Bonchev–Trinajstić information content (AvgIpc) is 2.63. The largest absolute Gasteiger partial charge is 0.342 e. The highest BCUT2D eigenvalue weighted by molar-refractivity contribution is 7.71. The van der Waals surface area contributed by atoms with E-state index in [0.717, 1.165) is 22.8 Å². The SMILES string of the molecule is Cc1[nH]c(-c2ccn(C)n2)nc(=S)c1C(C)C. The van der Waals surface area contributed by atoms with Crippen molar-refractivity contribution in [2.45, 2.75) is 26.7 Å². The summed E-state index contributed by atoms with van der Waals surface area (Å²) in [6, 6.07) is 1.92. The van der Waals surface area contributed by atoms with Gasteiger partial charge in [0.2, 0.25) is 0 Å². The van der Waals surface area contributed by atoms with Crippen LogP contribution in [-0.4, -0.2) is 19.7 Å². The molecule has 0 radical (unpaired) electrons. The van der Waals surface area contributed by atoms with Gasteiger partial charge in [0.25, 0.3) is 0 Å². The lowest BCUT2D eigenvalue weighted by atomic mass is 10.0. The Morgan fingerprint density at radius 3 is 2.59 bits per heavy atom. The van der Waals surface area contributed by atoms with Crippen LogP contribution in [0, 0.1) is 11.6 Å². The number of nitrogens with one attached hydrogen (secondary N) is 1. The fourth-order valence-corrected chi connectivity index (χ4v) is 2.42. The van der Waals surface area contributed by atoms with Crippen molar-refractivity contribution in [1.82, 2.24) is 19.7 Å². The molecule has 0 unspecified atom stereocenters. The highest BCUT2D eigenvalue weighted by Crippen LogP contribution is 2.21. The number of aromatic nitrogens is 4. The molecule has 0 aliphatic rings. The predicted octanol–water partition coefficient (Wildman–Crippen LogP) is 2.97. The molecule has 0 aliphatic carbocycles. The number of rotatable bonds is 2. The van der Waals surface area contributed by atoms with Gasteiger partial charge in [0.05, 0.1) is 0 Å². The van der Waals surface area contributed by atoms with Crippen molar-refractivity contribution in [3.8, 4) is 11.5 Å². The highest BCUT2D eigenvalue weighted by atomic mass is 32.1. The molecule has 2 aromatic heterocycles. The molecule has 2 rings (SSSR count). The summed E-state index contributed by atoms with van der Waals surface area (Å²) in [5.74, 6) is 1.11. The van der Waals surface area contributed by atoms with Crippen LogP contribution in [0.25, 0.3) is 11.5 Å². The van der Waals surface area contributed by atoms with Crippen molar-refractivity contribution >= 4 is 12.2 Å². The first-order valence-corrected chi connectivity index (χ1v) is 6.00. The third-order valence-electron chi connectivity index (χ3n) is 2.69. The second kappa shape index (κ2) is 4.41. The monoisotopic (exact) mass is 248 g/mol. The average molecular weight is 248 g/mol. The molecule has 4 nitrogen and oxygen atoms in total. The number of aryl methyl sites for hydroxylation is 2. The van der Waals surface area contributed by atoms with E-state index < -0.39 is 0 Å². The van der Waals surface area contributed by atoms with E-state index in [1.165, 1.54) is 0 Å². The van der Waals surface area contributed by atoms with Crippen LogP contribution in [0.2, 0.25) is 0 Å². The molecule has 0 fully saturated rings. The van der Waals surface area contributed by atoms with E-state index in [9.17, 15) is 0 Å². The standard InChI is InChI=1S/C12H16N4S/c1-7(2)10-8(3)13-11(14-12(10)17)9-5-6-16(4)15-9/h5-7H,1-4H3,(H,13,14,17). The zero-order valence-corrected chi connectivity index (χ0v) is 11.3. The smallest absolute Gasteiger partial charge is 0.159 e. The Labute approximate surface area is 106 Å². The van der Waals surface area contributed by atoms with Crippen LogP contribution >= 0.6 is 12.2 Å². The minimum atomic E-state index is 0.379. The molecule has 2 heterocycles. The summed E-state index contributed by atoms with van der Waals surface area (Å²) >= 11 is 5.34. The predicted molar refractivity (Wildman–Crippen MR) is 70.4 cm³/mol. The van der Waals surface area contributed by atoms with Crippen molar-refractivity contribution in [3.63, 3.8) is 0 Å². The third-order valence-corrected chi connectivity index (χ3v) is 3.00. The van der Waals surface area contributed by atoms with Crippen molar-refractivity contribution < 1.29 is 0 Å². The number of hydrogen-bond donors (Lipinski definition) is 1. The molecule has 0 saturated carbocycles.